The largest absolute Gasteiger partial charge is 0.368 e. The minimum absolute atomic E-state index is 0. The lowest BCUT2D eigenvalue weighted by molar-refractivity contribution is -0.119. The van der Waals surface area contributed by atoms with Crippen LogP contribution in [-0.4, -0.2) is 11.9 Å². The summed E-state index contributed by atoms with van der Waals surface area (Å²) < 4.78 is 0. The molecule has 0 unspecified atom stereocenters. The molecule has 4 heteroatoms. The number of primary amides is 1. The lowest BCUT2D eigenvalue weighted by Crippen LogP contribution is -2.36. The van der Waals surface area contributed by atoms with Crippen LogP contribution in [0.25, 0.3) is 0 Å². The van der Waals surface area contributed by atoms with Gasteiger partial charge < -0.3 is 11.5 Å². The SMILES string of the molecule is Cl.NC(=O)[C@H](N)CC1CC1. The van der Waals surface area contributed by atoms with Gasteiger partial charge in [-0.25, -0.2) is 0 Å². The van der Waals surface area contributed by atoms with E-state index in [0.29, 0.717) is 5.92 Å². The molecule has 3 nitrogen and oxygen atoms in total. The maximum Gasteiger partial charge on any atom is 0.234 e. The summed E-state index contributed by atoms with van der Waals surface area (Å²) in [5.74, 6) is 0.314. The highest BCUT2D eigenvalue weighted by Gasteiger charge is 2.25. The predicted octanol–water partition coefficient (Wildman–Crippen LogP) is 0.0209. The minimum atomic E-state index is -0.405. The Morgan fingerprint density at radius 3 is 2.40 bits per heavy atom. The topological polar surface area (TPSA) is 69.1 Å². The summed E-state index contributed by atoms with van der Waals surface area (Å²) in [5.41, 5.74) is 10.3. The van der Waals surface area contributed by atoms with Crippen LogP contribution in [0.3, 0.4) is 0 Å². The molecule has 0 aromatic rings. The Morgan fingerprint density at radius 2 is 2.10 bits per heavy atom. The average molecular weight is 165 g/mol. The van der Waals surface area contributed by atoms with E-state index >= 15 is 0 Å². The van der Waals surface area contributed by atoms with Gasteiger partial charge in [0.2, 0.25) is 5.91 Å². The summed E-state index contributed by atoms with van der Waals surface area (Å²) in [7, 11) is 0. The van der Waals surface area contributed by atoms with E-state index in [1.54, 1.807) is 0 Å². The first kappa shape index (κ1) is 9.72. The third-order valence-electron chi connectivity index (χ3n) is 1.65. The maximum atomic E-state index is 10.4. The number of carbonyl (C=O) groups is 1. The summed E-state index contributed by atoms with van der Waals surface area (Å²) in [6.07, 6.45) is 3.23. The van der Waals surface area contributed by atoms with Crippen LogP contribution in [0.4, 0.5) is 0 Å². The Balaban J connectivity index is 0.000000810. The van der Waals surface area contributed by atoms with E-state index in [1.807, 2.05) is 0 Å². The van der Waals surface area contributed by atoms with E-state index in [-0.39, 0.29) is 18.3 Å². The molecule has 0 aliphatic heterocycles. The first-order chi connectivity index (χ1) is 4.20. The van der Waals surface area contributed by atoms with Gasteiger partial charge in [-0.3, -0.25) is 4.79 Å². The number of carbonyl (C=O) groups excluding carboxylic acids is 1. The molecule has 10 heavy (non-hydrogen) atoms. The fraction of sp³-hybridized carbons (Fsp3) is 0.833. The molecule has 1 amide bonds. The summed E-state index contributed by atoms with van der Waals surface area (Å²) in [6.45, 7) is 0. The molecule has 1 fully saturated rings. The zero-order chi connectivity index (χ0) is 6.85. The number of amides is 1. The molecule has 4 N–H and O–H groups in total. The summed E-state index contributed by atoms with van der Waals surface area (Å²) in [4.78, 5) is 10.4. The number of rotatable bonds is 3. The van der Waals surface area contributed by atoms with Crippen LogP contribution in [-0.2, 0) is 4.79 Å². The zero-order valence-electron chi connectivity index (χ0n) is 5.75. The molecule has 0 aromatic heterocycles. The molecule has 1 aliphatic carbocycles. The molecule has 0 spiro atoms. The molecule has 1 aliphatic rings. The van der Waals surface area contributed by atoms with Crippen molar-refractivity contribution in [1.82, 2.24) is 0 Å². The van der Waals surface area contributed by atoms with Crippen molar-refractivity contribution in [2.75, 3.05) is 0 Å². The van der Waals surface area contributed by atoms with Gasteiger partial charge in [0, 0.05) is 0 Å². The van der Waals surface area contributed by atoms with Gasteiger partial charge in [0.25, 0.3) is 0 Å². The van der Waals surface area contributed by atoms with Gasteiger partial charge in [0.15, 0.2) is 0 Å². The molecule has 1 saturated carbocycles. The van der Waals surface area contributed by atoms with Crippen molar-refractivity contribution < 1.29 is 4.79 Å². The summed E-state index contributed by atoms with van der Waals surface area (Å²) >= 11 is 0. The lowest BCUT2D eigenvalue weighted by Gasteiger charge is -2.03. The van der Waals surface area contributed by atoms with Gasteiger partial charge >= 0.3 is 0 Å². The Labute approximate surface area is 66.6 Å². The number of hydrogen-bond acceptors (Lipinski definition) is 2. The van der Waals surface area contributed by atoms with Crippen molar-refractivity contribution in [3.8, 4) is 0 Å². The smallest absolute Gasteiger partial charge is 0.234 e. The van der Waals surface area contributed by atoms with E-state index in [9.17, 15) is 4.79 Å². The standard InChI is InChI=1S/C6H12N2O.ClH/c7-5(6(8)9)3-4-1-2-4;/h4-5H,1-3,7H2,(H2,8,9);1H/t5-;/m1./s1. The fourth-order valence-corrected chi connectivity index (χ4v) is 0.829. The van der Waals surface area contributed by atoms with E-state index in [2.05, 4.69) is 0 Å². The number of hydrogen-bond donors (Lipinski definition) is 2. The van der Waals surface area contributed by atoms with Crippen molar-refractivity contribution in [3.63, 3.8) is 0 Å². The fourth-order valence-electron chi connectivity index (χ4n) is 0.829. The highest BCUT2D eigenvalue weighted by Crippen LogP contribution is 2.32. The first-order valence-corrected chi connectivity index (χ1v) is 3.25. The van der Waals surface area contributed by atoms with E-state index < -0.39 is 6.04 Å². The summed E-state index contributed by atoms with van der Waals surface area (Å²) in [6, 6.07) is -0.405. The first-order valence-electron chi connectivity index (χ1n) is 3.25. The summed E-state index contributed by atoms with van der Waals surface area (Å²) in [5, 5.41) is 0. The Morgan fingerprint density at radius 1 is 1.60 bits per heavy atom. The predicted molar refractivity (Wildman–Crippen MR) is 41.8 cm³/mol. The highest BCUT2D eigenvalue weighted by molar-refractivity contribution is 5.85. The van der Waals surface area contributed by atoms with Crippen molar-refractivity contribution >= 4 is 18.3 Å². The van der Waals surface area contributed by atoms with Gasteiger partial charge in [-0.1, -0.05) is 12.8 Å². The highest BCUT2D eigenvalue weighted by atomic mass is 35.5. The molecule has 0 radical (unpaired) electrons. The monoisotopic (exact) mass is 164 g/mol. The molecular formula is C6H13ClN2O. The molecule has 0 saturated heterocycles. The van der Waals surface area contributed by atoms with Crippen molar-refractivity contribution in [2.24, 2.45) is 17.4 Å². The van der Waals surface area contributed by atoms with Crippen LogP contribution < -0.4 is 11.5 Å². The average Bonchev–Trinajstić information content (AvgIpc) is 2.50. The third kappa shape index (κ3) is 3.03. The van der Waals surface area contributed by atoms with Crippen LogP contribution >= 0.6 is 12.4 Å². The maximum absolute atomic E-state index is 10.4. The third-order valence-corrected chi connectivity index (χ3v) is 1.65. The van der Waals surface area contributed by atoms with E-state index in [0.717, 1.165) is 6.42 Å². The zero-order valence-corrected chi connectivity index (χ0v) is 6.56. The van der Waals surface area contributed by atoms with E-state index in [1.165, 1.54) is 12.8 Å². The second kappa shape index (κ2) is 3.78. The van der Waals surface area contributed by atoms with Gasteiger partial charge in [0.1, 0.15) is 0 Å². The second-order valence-corrected chi connectivity index (χ2v) is 2.69. The van der Waals surface area contributed by atoms with Gasteiger partial charge in [-0.05, 0) is 12.3 Å². The molecule has 60 valence electrons. The normalized spacial score (nSPS) is 19.3. The van der Waals surface area contributed by atoms with Crippen molar-refractivity contribution in [3.05, 3.63) is 0 Å². The number of nitrogens with two attached hydrogens (primary N) is 2. The second-order valence-electron chi connectivity index (χ2n) is 2.69. The van der Waals surface area contributed by atoms with Crippen LogP contribution in [0.15, 0.2) is 0 Å². The quantitative estimate of drug-likeness (QED) is 0.618. The van der Waals surface area contributed by atoms with E-state index in [4.69, 9.17) is 11.5 Å². The van der Waals surface area contributed by atoms with Gasteiger partial charge in [0.05, 0.1) is 6.04 Å². The lowest BCUT2D eigenvalue weighted by atomic mass is 10.1. The molecular weight excluding hydrogens is 152 g/mol. The minimum Gasteiger partial charge on any atom is -0.368 e. The molecule has 0 aromatic carbocycles. The molecule has 0 bridgehead atoms. The van der Waals surface area contributed by atoms with Crippen LogP contribution in [0.2, 0.25) is 0 Å². The Hall–Kier alpha value is -0.280. The Kier molecular flexibility index (Phi) is 3.68. The van der Waals surface area contributed by atoms with Crippen molar-refractivity contribution in [2.45, 2.75) is 25.3 Å². The molecule has 0 heterocycles. The van der Waals surface area contributed by atoms with Gasteiger partial charge in [-0.15, -0.1) is 12.4 Å². The van der Waals surface area contributed by atoms with Gasteiger partial charge in [-0.2, -0.15) is 0 Å². The van der Waals surface area contributed by atoms with Crippen LogP contribution in [0, 0.1) is 5.92 Å². The molecule has 1 atom stereocenters. The molecule has 1 rings (SSSR count). The number of halogens is 1. The van der Waals surface area contributed by atoms with Crippen molar-refractivity contribution in [1.29, 1.82) is 0 Å². The van der Waals surface area contributed by atoms with Crippen LogP contribution in [0.5, 0.6) is 0 Å². The Bertz CT molecular complexity index is 125. The van der Waals surface area contributed by atoms with Crippen LogP contribution in [0.1, 0.15) is 19.3 Å².